The van der Waals surface area contributed by atoms with Crippen molar-refractivity contribution in [2.24, 2.45) is 11.8 Å². The third-order valence-corrected chi connectivity index (χ3v) is 8.55. The van der Waals surface area contributed by atoms with Crippen LogP contribution in [0.2, 0.25) is 0 Å². The smallest absolute Gasteiger partial charge is 0.408 e. The van der Waals surface area contributed by atoms with Gasteiger partial charge in [-0.3, -0.25) is 4.79 Å². The molecule has 3 atom stereocenters. The second kappa shape index (κ2) is 14.3. The summed E-state index contributed by atoms with van der Waals surface area (Å²) in [7, 11) is 0. The molecule has 0 bridgehead atoms. The molecule has 11 nitrogen and oxygen atoms in total. The van der Waals surface area contributed by atoms with Gasteiger partial charge in [0, 0.05) is 25.6 Å². The van der Waals surface area contributed by atoms with Crippen molar-refractivity contribution in [1.29, 1.82) is 5.26 Å². The molecule has 44 heavy (non-hydrogen) atoms. The van der Waals surface area contributed by atoms with Crippen molar-refractivity contribution in [3.05, 3.63) is 35.2 Å². The van der Waals surface area contributed by atoms with Gasteiger partial charge in [-0.05, 0) is 94.9 Å². The van der Waals surface area contributed by atoms with E-state index in [0.29, 0.717) is 48.7 Å². The summed E-state index contributed by atoms with van der Waals surface area (Å²) in [4.78, 5) is 34.7. The number of rotatable bonds is 10. The van der Waals surface area contributed by atoms with Crippen LogP contribution in [-0.2, 0) is 9.53 Å². The molecular weight excluding hydrogens is 560 g/mol. The van der Waals surface area contributed by atoms with Crippen molar-refractivity contribution >= 4 is 18.0 Å². The highest BCUT2D eigenvalue weighted by molar-refractivity contribution is 5.88. The van der Waals surface area contributed by atoms with E-state index in [1.807, 2.05) is 25.1 Å². The monoisotopic (exact) mass is 608 g/mol. The Labute approximate surface area is 261 Å². The molecule has 0 aliphatic carbocycles. The number of amides is 2. The predicted octanol–water partition coefficient (Wildman–Crippen LogP) is 5.90. The molecule has 2 aliphatic heterocycles. The van der Waals surface area contributed by atoms with Crippen molar-refractivity contribution in [3.63, 3.8) is 0 Å². The molecule has 0 radical (unpaired) electrons. The summed E-state index contributed by atoms with van der Waals surface area (Å²) in [6.07, 6.45) is 3.76. The Balaban J connectivity index is 1.33. The zero-order valence-electron chi connectivity index (χ0n) is 27.3. The number of aromatic nitrogens is 2. The molecular formula is C33H48N6O5. The van der Waals surface area contributed by atoms with Crippen LogP contribution in [0, 0.1) is 30.1 Å². The molecule has 2 saturated heterocycles. The number of nitrogens with one attached hydrogen (secondary N) is 1. The molecule has 2 fully saturated rings. The van der Waals surface area contributed by atoms with Crippen LogP contribution in [0.3, 0.4) is 0 Å². The molecule has 11 heteroatoms. The molecule has 1 N–H and O–H groups in total. The summed E-state index contributed by atoms with van der Waals surface area (Å²) in [5, 5.41) is 16.4. The number of hydrogen-bond acceptors (Lipinski definition) is 9. The number of carbonyl (C=O) groups excluding carboxylic acids is 2. The molecule has 1 aromatic carbocycles. The van der Waals surface area contributed by atoms with Crippen LogP contribution in [-0.4, -0.2) is 64.9 Å². The lowest BCUT2D eigenvalue weighted by Crippen LogP contribution is -2.46. The summed E-state index contributed by atoms with van der Waals surface area (Å²) in [5.41, 5.74) is 0.748. The maximum Gasteiger partial charge on any atom is 0.408 e. The van der Waals surface area contributed by atoms with Crippen LogP contribution in [0.5, 0.6) is 5.75 Å². The van der Waals surface area contributed by atoms with Gasteiger partial charge in [-0.2, -0.15) is 10.2 Å². The second-order valence-corrected chi connectivity index (χ2v) is 13.4. The predicted molar refractivity (Wildman–Crippen MR) is 166 cm³/mol. The molecule has 2 unspecified atom stereocenters. The standard InChI is InChI=1S/C33H48N6O5/c1-21(2)29-36-31(44-37-29)38-16-12-24(13-17-38)22(3)14-18-42-26-10-11-27(23(4)19-26)28(35-32(41)43-33(5,6)7)30(40)39-15-8-9-25(39)20-34/h10-11,19,21-22,24-25,28H,8-9,12-18H2,1-7H3,(H,35,41)/t22?,25?,28-/m0/s1. The topological polar surface area (TPSA) is 134 Å². The average Bonchev–Trinajstić information content (AvgIpc) is 3.65. The van der Waals surface area contributed by atoms with Crippen molar-refractivity contribution in [2.75, 3.05) is 31.1 Å². The van der Waals surface area contributed by atoms with Crippen molar-refractivity contribution < 1.29 is 23.6 Å². The number of benzene rings is 1. The molecule has 3 heterocycles. The van der Waals surface area contributed by atoms with E-state index in [-0.39, 0.29) is 11.8 Å². The van der Waals surface area contributed by atoms with Crippen LogP contribution < -0.4 is 15.0 Å². The van der Waals surface area contributed by atoms with E-state index >= 15 is 0 Å². The number of aryl methyl sites for hydroxylation is 1. The molecule has 240 valence electrons. The molecule has 2 aliphatic rings. The van der Waals surface area contributed by atoms with Crippen LogP contribution in [0.15, 0.2) is 22.7 Å². The fraction of sp³-hybridized carbons (Fsp3) is 0.667. The number of piperidine rings is 1. The first-order valence-electron chi connectivity index (χ1n) is 15.9. The van der Waals surface area contributed by atoms with E-state index < -0.39 is 23.8 Å². The van der Waals surface area contributed by atoms with Gasteiger partial charge in [0.25, 0.3) is 5.91 Å². The summed E-state index contributed by atoms with van der Waals surface area (Å²) in [6, 6.07) is 6.93. The van der Waals surface area contributed by atoms with Gasteiger partial charge < -0.3 is 29.1 Å². The minimum Gasteiger partial charge on any atom is -0.494 e. The number of nitrogens with zero attached hydrogens (tertiary/aromatic N) is 5. The van der Waals surface area contributed by atoms with E-state index in [0.717, 1.165) is 50.2 Å². The summed E-state index contributed by atoms with van der Waals surface area (Å²) < 4.78 is 17.1. The lowest BCUT2D eigenvalue weighted by atomic mass is 9.84. The van der Waals surface area contributed by atoms with E-state index in [9.17, 15) is 14.9 Å². The molecule has 2 amide bonds. The third-order valence-electron chi connectivity index (χ3n) is 8.55. The first-order valence-corrected chi connectivity index (χ1v) is 15.9. The van der Waals surface area contributed by atoms with E-state index in [2.05, 4.69) is 47.2 Å². The Morgan fingerprint density at radius 3 is 2.50 bits per heavy atom. The van der Waals surface area contributed by atoms with Crippen LogP contribution in [0.25, 0.3) is 0 Å². The first-order chi connectivity index (χ1) is 20.9. The highest BCUT2D eigenvalue weighted by atomic mass is 16.6. The average molecular weight is 609 g/mol. The number of likely N-dealkylation sites (tertiary alicyclic amines) is 1. The second-order valence-electron chi connectivity index (χ2n) is 13.4. The number of anilines is 1. The van der Waals surface area contributed by atoms with E-state index in [1.165, 1.54) is 0 Å². The molecule has 1 aromatic heterocycles. The quantitative estimate of drug-likeness (QED) is 0.350. The summed E-state index contributed by atoms with van der Waals surface area (Å²) >= 11 is 0. The van der Waals surface area contributed by atoms with Gasteiger partial charge in [0.1, 0.15) is 23.4 Å². The molecule has 4 rings (SSSR count). The molecule has 0 saturated carbocycles. The fourth-order valence-electron chi connectivity index (χ4n) is 5.94. The van der Waals surface area contributed by atoms with Crippen LogP contribution in [0.4, 0.5) is 10.8 Å². The van der Waals surface area contributed by atoms with E-state index in [1.54, 1.807) is 25.7 Å². The Morgan fingerprint density at radius 1 is 1.16 bits per heavy atom. The summed E-state index contributed by atoms with van der Waals surface area (Å²) in [5.74, 6) is 2.49. The van der Waals surface area contributed by atoms with Crippen molar-refractivity contribution in [3.8, 4) is 11.8 Å². The highest BCUT2D eigenvalue weighted by Gasteiger charge is 2.36. The Morgan fingerprint density at radius 2 is 1.89 bits per heavy atom. The van der Waals surface area contributed by atoms with Gasteiger partial charge in [0.2, 0.25) is 0 Å². The molecule has 0 spiro atoms. The number of nitriles is 1. The highest BCUT2D eigenvalue weighted by Crippen LogP contribution is 2.31. The SMILES string of the molecule is Cc1cc(OCCC(C)C2CCN(c3nc(C(C)C)no3)CC2)ccc1[C@H](NC(=O)OC(C)(C)C)C(=O)N1CCCC1C#N. The minimum atomic E-state index is -0.970. The van der Waals surface area contributed by atoms with Crippen LogP contribution >= 0.6 is 0 Å². The Hall–Kier alpha value is -3.81. The van der Waals surface area contributed by atoms with Crippen molar-refractivity contribution in [1.82, 2.24) is 20.4 Å². The van der Waals surface area contributed by atoms with Gasteiger partial charge in [-0.25, -0.2) is 4.79 Å². The molecule has 2 aromatic rings. The zero-order chi connectivity index (χ0) is 32.0. The number of hydrogen-bond donors (Lipinski definition) is 1. The fourth-order valence-corrected chi connectivity index (χ4v) is 5.94. The summed E-state index contributed by atoms with van der Waals surface area (Å²) in [6.45, 7) is 16.5. The van der Waals surface area contributed by atoms with Crippen molar-refractivity contribution in [2.45, 2.75) is 104 Å². The number of ether oxygens (including phenoxy) is 2. The van der Waals surface area contributed by atoms with Gasteiger partial charge in [-0.1, -0.05) is 32.0 Å². The zero-order valence-corrected chi connectivity index (χ0v) is 27.3. The largest absolute Gasteiger partial charge is 0.494 e. The van der Waals surface area contributed by atoms with Crippen LogP contribution in [0.1, 0.15) is 103 Å². The lowest BCUT2D eigenvalue weighted by Gasteiger charge is -2.33. The van der Waals surface area contributed by atoms with E-state index in [4.69, 9.17) is 14.0 Å². The maximum atomic E-state index is 13.6. The Bertz CT molecular complexity index is 1320. The van der Waals surface area contributed by atoms with Gasteiger partial charge in [-0.15, -0.1) is 0 Å². The maximum absolute atomic E-state index is 13.6. The normalized spacial score (nSPS) is 19.0. The number of alkyl carbamates (subject to hydrolysis) is 1. The third kappa shape index (κ3) is 8.42. The Kier molecular flexibility index (Phi) is 10.8. The van der Waals surface area contributed by atoms with Gasteiger partial charge in [0.15, 0.2) is 5.82 Å². The van der Waals surface area contributed by atoms with Gasteiger partial charge in [0.05, 0.1) is 12.7 Å². The minimum absolute atomic E-state index is 0.245. The number of carbonyl (C=O) groups is 2. The lowest BCUT2D eigenvalue weighted by molar-refractivity contribution is -0.133. The first kappa shape index (κ1) is 33.1. The van der Waals surface area contributed by atoms with Gasteiger partial charge >= 0.3 is 12.1 Å².